The number of nitrogens with two attached hydrogens (primary N) is 1. The predicted octanol–water partition coefficient (Wildman–Crippen LogP) is -0.00530. The molecule has 1 saturated heterocycles. The van der Waals surface area contributed by atoms with E-state index in [0.29, 0.717) is 30.9 Å². The zero-order valence-electron chi connectivity index (χ0n) is 9.67. The molecule has 1 aromatic heterocycles. The summed E-state index contributed by atoms with van der Waals surface area (Å²) in [5, 5.41) is 9.05. The molecule has 5 nitrogen and oxygen atoms in total. The SMILES string of the molecule is NCc1cc(C(=O)N2CCC(CO)C2)ccn1. The lowest BCUT2D eigenvalue weighted by Gasteiger charge is -2.16. The van der Waals surface area contributed by atoms with Crippen molar-refractivity contribution in [3.05, 3.63) is 29.6 Å². The lowest BCUT2D eigenvalue weighted by Crippen LogP contribution is -2.29. The Bertz CT molecular complexity index is 408. The van der Waals surface area contributed by atoms with Crippen molar-refractivity contribution in [2.45, 2.75) is 13.0 Å². The van der Waals surface area contributed by atoms with E-state index in [-0.39, 0.29) is 18.4 Å². The van der Waals surface area contributed by atoms with Gasteiger partial charge < -0.3 is 15.7 Å². The number of likely N-dealkylation sites (tertiary alicyclic amines) is 1. The van der Waals surface area contributed by atoms with Gasteiger partial charge in [-0.05, 0) is 18.6 Å². The number of aliphatic hydroxyl groups excluding tert-OH is 1. The Morgan fingerprint density at radius 1 is 1.65 bits per heavy atom. The molecule has 1 aliphatic rings. The summed E-state index contributed by atoms with van der Waals surface area (Å²) in [7, 11) is 0. The van der Waals surface area contributed by atoms with Crippen LogP contribution in [0, 0.1) is 5.92 Å². The Kier molecular flexibility index (Phi) is 3.71. The van der Waals surface area contributed by atoms with Gasteiger partial charge >= 0.3 is 0 Å². The normalized spacial score (nSPS) is 19.6. The lowest BCUT2D eigenvalue weighted by molar-refractivity contribution is 0.0781. The van der Waals surface area contributed by atoms with Gasteiger partial charge in [-0.15, -0.1) is 0 Å². The molecule has 0 radical (unpaired) electrons. The Hall–Kier alpha value is -1.46. The van der Waals surface area contributed by atoms with Gasteiger partial charge in [0.25, 0.3) is 5.91 Å². The fourth-order valence-electron chi connectivity index (χ4n) is 2.07. The minimum absolute atomic E-state index is 0.00181. The molecular formula is C12H17N3O2. The minimum atomic E-state index is -0.00181. The molecule has 0 bridgehead atoms. The van der Waals surface area contributed by atoms with E-state index in [1.807, 2.05) is 0 Å². The first-order valence-corrected chi connectivity index (χ1v) is 5.79. The number of aromatic nitrogens is 1. The van der Waals surface area contributed by atoms with E-state index in [0.717, 1.165) is 6.42 Å². The molecule has 1 atom stereocenters. The summed E-state index contributed by atoms with van der Waals surface area (Å²) in [5.41, 5.74) is 6.84. The fraction of sp³-hybridized carbons (Fsp3) is 0.500. The van der Waals surface area contributed by atoms with Crippen LogP contribution in [-0.2, 0) is 6.54 Å². The molecule has 1 aliphatic heterocycles. The van der Waals surface area contributed by atoms with Crippen LogP contribution < -0.4 is 5.73 Å². The Morgan fingerprint density at radius 2 is 2.47 bits per heavy atom. The molecule has 92 valence electrons. The van der Waals surface area contributed by atoms with Gasteiger partial charge in [-0.2, -0.15) is 0 Å². The number of hydrogen-bond donors (Lipinski definition) is 2. The van der Waals surface area contributed by atoms with Crippen LogP contribution in [0.4, 0.5) is 0 Å². The van der Waals surface area contributed by atoms with E-state index in [2.05, 4.69) is 4.98 Å². The highest BCUT2D eigenvalue weighted by molar-refractivity contribution is 5.94. The third-order valence-electron chi connectivity index (χ3n) is 3.10. The van der Waals surface area contributed by atoms with Gasteiger partial charge in [0.15, 0.2) is 0 Å². The van der Waals surface area contributed by atoms with Gasteiger partial charge in [0.1, 0.15) is 0 Å². The number of carbonyl (C=O) groups is 1. The Balaban J connectivity index is 2.09. The summed E-state index contributed by atoms with van der Waals surface area (Å²) in [6.45, 7) is 1.83. The summed E-state index contributed by atoms with van der Waals surface area (Å²) >= 11 is 0. The summed E-state index contributed by atoms with van der Waals surface area (Å²) in [5.74, 6) is 0.216. The number of hydrogen-bond acceptors (Lipinski definition) is 4. The van der Waals surface area contributed by atoms with Gasteiger partial charge in [-0.25, -0.2) is 0 Å². The average Bonchev–Trinajstić information content (AvgIpc) is 2.86. The van der Waals surface area contributed by atoms with E-state index in [1.54, 1.807) is 23.2 Å². The van der Waals surface area contributed by atoms with Gasteiger partial charge in [0.2, 0.25) is 0 Å². The highest BCUT2D eigenvalue weighted by Gasteiger charge is 2.26. The zero-order valence-corrected chi connectivity index (χ0v) is 9.67. The molecule has 2 heterocycles. The maximum Gasteiger partial charge on any atom is 0.253 e. The topological polar surface area (TPSA) is 79.5 Å². The summed E-state index contributed by atoms with van der Waals surface area (Å²) in [4.78, 5) is 18.0. The van der Waals surface area contributed by atoms with Gasteiger partial charge in [0.05, 0.1) is 5.69 Å². The second-order valence-corrected chi connectivity index (χ2v) is 4.33. The molecule has 1 unspecified atom stereocenters. The van der Waals surface area contributed by atoms with Crippen LogP contribution in [0.5, 0.6) is 0 Å². The quantitative estimate of drug-likeness (QED) is 0.772. The smallest absolute Gasteiger partial charge is 0.253 e. The van der Waals surface area contributed by atoms with Crippen molar-refractivity contribution in [1.29, 1.82) is 0 Å². The second-order valence-electron chi connectivity index (χ2n) is 4.33. The second kappa shape index (κ2) is 5.25. The molecule has 2 rings (SSSR count). The first-order valence-electron chi connectivity index (χ1n) is 5.79. The molecule has 0 saturated carbocycles. The summed E-state index contributed by atoms with van der Waals surface area (Å²) < 4.78 is 0. The van der Waals surface area contributed by atoms with Crippen molar-refractivity contribution in [3.63, 3.8) is 0 Å². The highest BCUT2D eigenvalue weighted by Crippen LogP contribution is 2.18. The van der Waals surface area contributed by atoms with Crippen molar-refractivity contribution < 1.29 is 9.90 Å². The molecule has 0 spiro atoms. The molecule has 1 aromatic rings. The molecular weight excluding hydrogens is 218 g/mol. The Morgan fingerprint density at radius 3 is 3.12 bits per heavy atom. The number of amides is 1. The number of rotatable bonds is 3. The minimum Gasteiger partial charge on any atom is -0.396 e. The monoisotopic (exact) mass is 235 g/mol. The third-order valence-corrected chi connectivity index (χ3v) is 3.10. The van der Waals surface area contributed by atoms with Crippen LogP contribution in [0.1, 0.15) is 22.5 Å². The van der Waals surface area contributed by atoms with Crippen molar-refractivity contribution >= 4 is 5.91 Å². The largest absolute Gasteiger partial charge is 0.396 e. The molecule has 17 heavy (non-hydrogen) atoms. The van der Waals surface area contributed by atoms with Crippen molar-refractivity contribution in [2.75, 3.05) is 19.7 Å². The lowest BCUT2D eigenvalue weighted by atomic mass is 10.1. The first-order chi connectivity index (χ1) is 8.24. The highest BCUT2D eigenvalue weighted by atomic mass is 16.3. The van der Waals surface area contributed by atoms with E-state index >= 15 is 0 Å². The molecule has 1 fully saturated rings. The third kappa shape index (κ3) is 2.62. The van der Waals surface area contributed by atoms with Crippen molar-refractivity contribution in [2.24, 2.45) is 11.7 Å². The summed E-state index contributed by atoms with van der Waals surface area (Å²) in [6, 6.07) is 3.43. The van der Waals surface area contributed by atoms with Gasteiger partial charge in [0, 0.05) is 43.9 Å². The number of pyridine rings is 1. The molecule has 3 N–H and O–H groups in total. The van der Waals surface area contributed by atoms with Crippen molar-refractivity contribution in [1.82, 2.24) is 9.88 Å². The van der Waals surface area contributed by atoms with Crippen molar-refractivity contribution in [3.8, 4) is 0 Å². The Labute approximate surface area is 100 Å². The van der Waals surface area contributed by atoms with Crippen LogP contribution in [-0.4, -0.2) is 40.6 Å². The molecule has 5 heteroatoms. The molecule has 0 aromatic carbocycles. The molecule has 0 aliphatic carbocycles. The maximum atomic E-state index is 12.2. The number of carbonyl (C=O) groups excluding carboxylic acids is 1. The van der Waals surface area contributed by atoms with E-state index in [9.17, 15) is 4.79 Å². The number of aliphatic hydroxyl groups is 1. The average molecular weight is 235 g/mol. The summed E-state index contributed by atoms with van der Waals surface area (Å²) in [6.07, 6.45) is 2.48. The van der Waals surface area contributed by atoms with E-state index in [4.69, 9.17) is 10.8 Å². The zero-order chi connectivity index (χ0) is 12.3. The standard InChI is InChI=1S/C12H17N3O2/c13-6-11-5-10(1-3-14-11)12(17)15-4-2-9(7-15)8-16/h1,3,5,9,16H,2,4,6-8,13H2. The maximum absolute atomic E-state index is 12.2. The van der Waals surface area contributed by atoms with Crippen LogP contribution in [0.3, 0.4) is 0 Å². The van der Waals surface area contributed by atoms with Crippen LogP contribution in [0.25, 0.3) is 0 Å². The van der Waals surface area contributed by atoms with Gasteiger partial charge in [-0.3, -0.25) is 9.78 Å². The van der Waals surface area contributed by atoms with E-state index < -0.39 is 0 Å². The van der Waals surface area contributed by atoms with Crippen LogP contribution in [0.2, 0.25) is 0 Å². The molecule has 1 amide bonds. The van der Waals surface area contributed by atoms with Crippen LogP contribution >= 0.6 is 0 Å². The first kappa shape index (κ1) is 12.0. The van der Waals surface area contributed by atoms with Gasteiger partial charge in [-0.1, -0.05) is 0 Å². The van der Waals surface area contributed by atoms with E-state index in [1.165, 1.54) is 0 Å². The van der Waals surface area contributed by atoms with Crippen LogP contribution in [0.15, 0.2) is 18.3 Å². The fourth-order valence-corrected chi connectivity index (χ4v) is 2.07. The predicted molar refractivity (Wildman–Crippen MR) is 63.2 cm³/mol. The number of nitrogens with zero attached hydrogens (tertiary/aromatic N) is 2.